The Morgan fingerprint density at radius 2 is 2.00 bits per heavy atom. The first-order chi connectivity index (χ1) is 9.47. The lowest BCUT2D eigenvalue weighted by Crippen LogP contribution is -2.26. The second kappa shape index (κ2) is 6.24. The summed E-state index contributed by atoms with van der Waals surface area (Å²) < 4.78 is 27.3. The molecular formula is C15H24N2O2S. The van der Waals surface area contributed by atoms with E-state index in [1.165, 1.54) is 5.56 Å². The Labute approximate surface area is 122 Å². The monoisotopic (exact) mass is 296 g/mol. The Balaban J connectivity index is 2.15. The normalized spacial score (nSPS) is 21.9. The highest BCUT2D eigenvalue weighted by molar-refractivity contribution is 7.89. The van der Waals surface area contributed by atoms with Crippen molar-refractivity contribution < 1.29 is 8.42 Å². The number of hydrogen-bond acceptors (Lipinski definition) is 3. The van der Waals surface area contributed by atoms with Gasteiger partial charge in [-0.1, -0.05) is 19.9 Å². The molecule has 1 aromatic carbocycles. The van der Waals surface area contributed by atoms with Crippen LogP contribution in [0.25, 0.3) is 0 Å². The van der Waals surface area contributed by atoms with Crippen LogP contribution in [0.5, 0.6) is 0 Å². The Morgan fingerprint density at radius 1 is 1.30 bits per heavy atom. The smallest absolute Gasteiger partial charge is 0.240 e. The topological polar surface area (TPSA) is 58.2 Å². The Bertz CT molecular complexity index is 569. The van der Waals surface area contributed by atoms with Gasteiger partial charge in [-0.15, -0.1) is 0 Å². The van der Waals surface area contributed by atoms with Crippen LogP contribution in [0, 0.1) is 11.8 Å². The number of aryl methyl sites for hydroxylation is 1. The summed E-state index contributed by atoms with van der Waals surface area (Å²) in [5.41, 5.74) is 2.24. The highest BCUT2D eigenvalue weighted by Crippen LogP contribution is 2.37. The van der Waals surface area contributed by atoms with Gasteiger partial charge in [0.15, 0.2) is 0 Å². The van der Waals surface area contributed by atoms with E-state index in [1.54, 1.807) is 12.1 Å². The van der Waals surface area contributed by atoms with Crippen LogP contribution < -0.4 is 10.0 Å². The van der Waals surface area contributed by atoms with E-state index in [0.717, 1.165) is 18.4 Å². The molecular weight excluding hydrogens is 272 g/mol. The van der Waals surface area contributed by atoms with Gasteiger partial charge in [-0.05, 0) is 55.0 Å². The van der Waals surface area contributed by atoms with Crippen LogP contribution in [0.15, 0.2) is 23.1 Å². The van der Waals surface area contributed by atoms with Crippen LogP contribution in [0.1, 0.15) is 31.4 Å². The molecule has 0 amide bonds. The van der Waals surface area contributed by atoms with Crippen LogP contribution in [0.2, 0.25) is 0 Å². The summed E-state index contributed by atoms with van der Waals surface area (Å²) in [5.74, 6) is 1.16. The van der Waals surface area contributed by atoms with Gasteiger partial charge in [0.05, 0.1) is 4.90 Å². The fourth-order valence-electron chi connectivity index (χ4n) is 2.45. The quantitative estimate of drug-likeness (QED) is 0.808. The molecule has 112 valence electrons. The van der Waals surface area contributed by atoms with Crippen molar-refractivity contribution in [3.63, 3.8) is 0 Å². The predicted molar refractivity (Wildman–Crippen MR) is 81.0 cm³/mol. The Morgan fingerprint density at radius 3 is 2.55 bits per heavy atom. The molecule has 0 bridgehead atoms. The van der Waals surface area contributed by atoms with Gasteiger partial charge < -0.3 is 5.32 Å². The summed E-state index contributed by atoms with van der Waals surface area (Å²) in [6.07, 6.45) is 2.03. The highest BCUT2D eigenvalue weighted by atomic mass is 32.2. The lowest BCUT2D eigenvalue weighted by molar-refractivity contribution is 0.574. The van der Waals surface area contributed by atoms with Crippen molar-refractivity contribution in [2.75, 3.05) is 13.6 Å². The van der Waals surface area contributed by atoms with Gasteiger partial charge in [-0.25, -0.2) is 13.1 Å². The molecule has 1 saturated carbocycles. The summed E-state index contributed by atoms with van der Waals surface area (Å²) in [7, 11) is -1.51. The van der Waals surface area contributed by atoms with Crippen LogP contribution in [-0.4, -0.2) is 22.0 Å². The summed E-state index contributed by atoms with van der Waals surface area (Å²) in [5, 5.41) is 3.09. The van der Waals surface area contributed by atoms with Gasteiger partial charge in [0.2, 0.25) is 10.0 Å². The third-order valence-corrected chi connectivity index (χ3v) is 5.47. The van der Waals surface area contributed by atoms with Crippen molar-refractivity contribution in [3.05, 3.63) is 29.3 Å². The molecule has 1 aliphatic carbocycles. The molecule has 2 unspecified atom stereocenters. The average molecular weight is 296 g/mol. The molecule has 1 fully saturated rings. The number of rotatable bonds is 7. The van der Waals surface area contributed by atoms with E-state index in [0.29, 0.717) is 29.8 Å². The molecule has 2 rings (SSSR count). The summed E-state index contributed by atoms with van der Waals surface area (Å²) >= 11 is 0. The molecule has 5 heteroatoms. The van der Waals surface area contributed by atoms with Gasteiger partial charge in [-0.3, -0.25) is 0 Å². The maximum absolute atomic E-state index is 12.3. The van der Waals surface area contributed by atoms with Crippen molar-refractivity contribution in [2.45, 2.75) is 38.1 Å². The first-order valence-corrected chi connectivity index (χ1v) is 8.72. The molecule has 0 saturated heterocycles. The zero-order valence-electron chi connectivity index (χ0n) is 12.4. The van der Waals surface area contributed by atoms with Crippen molar-refractivity contribution >= 4 is 10.0 Å². The maximum atomic E-state index is 12.3. The maximum Gasteiger partial charge on any atom is 0.240 e. The molecule has 0 aliphatic heterocycles. The van der Waals surface area contributed by atoms with Gasteiger partial charge in [0, 0.05) is 13.1 Å². The van der Waals surface area contributed by atoms with Crippen molar-refractivity contribution in [1.82, 2.24) is 10.0 Å². The SMILES string of the molecule is CCc1ccc(S(=O)(=O)NCC2CC2C)cc1CNC. The van der Waals surface area contributed by atoms with Crippen LogP contribution >= 0.6 is 0 Å². The Hall–Kier alpha value is -0.910. The fraction of sp³-hybridized carbons (Fsp3) is 0.600. The van der Waals surface area contributed by atoms with Gasteiger partial charge in [0.25, 0.3) is 0 Å². The molecule has 20 heavy (non-hydrogen) atoms. The zero-order chi connectivity index (χ0) is 14.8. The minimum Gasteiger partial charge on any atom is -0.316 e. The Kier molecular flexibility index (Phi) is 4.83. The fourth-order valence-corrected chi connectivity index (χ4v) is 3.60. The number of benzene rings is 1. The van der Waals surface area contributed by atoms with E-state index >= 15 is 0 Å². The third-order valence-electron chi connectivity index (χ3n) is 4.05. The molecule has 0 spiro atoms. The molecule has 0 heterocycles. The van der Waals surface area contributed by atoms with Crippen molar-refractivity contribution in [1.29, 1.82) is 0 Å². The second-order valence-electron chi connectivity index (χ2n) is 5.64. The van der Waals surface area contributed by atoms with Gasteiger partial charge in [0.1, 0.15) is 0 Å². The molecule has 0 radical (unpaired) electrons. The number of nitrogens with one attached hydrogen (secondary N) is 2. The number of hydrogen-bond donors (Lipinski definition) is 2. The van der Waals surface area contributed by atoms with E-state index in [9.17, 15) is 8.42 Å². The molecule has 0 aromatic heterocycles. The second-order valence-corrected chi connectivity index (χ2v) is 7.41. The third kappa shape index (κ3) is 3.59. The first kappa shape index (κ1) is 15.5. The molecule has 2 atom stereocenters. The van der Waals surface area contributed by atoms with E-state index in [1.807, 2.05) is 13.1 Å². The molecule has 1 aromatic rings. The van der Waals surface area contributed by atoms with Gasteiger partial charge in [-0.2, -0.15) is 0 Å². The first-order valence-electron chi connectivity index (χ1n) is 7.24. The van der Waals surface area contributed by atoms with Crippen LogP contribution in [-0.2, 0) is 23.0 Å². The molecule has 2 N–H and O–H groups in total. The lowest BCUT2D eigenvalue weighted by Gasteiger charge is -2.11. The number of sulfonamides is 1. The highest BCUT2D eigenvalue weighted by Gasteiger charge is 2.33. The van der Waals surface area contributed by atoms with E-state index in [2.05, 4.69) is 23.9 Å². The van der Waals surface area contributed by atoms with E-state index in [-0.39, 0.29) is 0 Å². The van der Waals surface area contributed by atoms with E-state index < -0.39 is 10.0 Å². The average Bonchev–Trinajstić information content (AvgIpc) is 3.13. The van der Waals surface area contributed by atoms with Gasteiger partial charge >= 0.3 is 0 Å². The minimum atomic E-state index is -3.38. The standard InChI is InChI=1S/C15H24N2O2S/c1-4-12-5-6-15(8-14(12)9-16-3)20(18,19)17-10-13-7-11(13)2/h5-6,8,11,13,16-17H,4,7,9-10H2,1-3H3. The molecule has 4 nitrogen and oxygen atoms in total. The van der Waals surface area contributed by atoms with Crippen molar-refractivity contribution in [2.24, 2.45) is 11.8 Å². The summed E-state index contributed by atoms with van der Waals surface area (Å²) in [4.78, 5) is 0.369. The largest absolute Gasteiger partial charge is 0.316 e. The predicted octanol–water partition coefficient (Wildman–Crippen LogP) is 1.90. The van der Waals surface area contributed by atoms with Crippen molar-refractivity contribution in [3.8, 4) is 0 Å². The zero-order valence-corrected chi connectivity index (χ0v) is 13.3. The lowest BCUT2D eigenvalue weighted by atomic mass is 10.1. The summed E-state index contributed by atoms with van der Waals surface area (Å²) in [6.45, 7) is 5.47. The molecule has 1 aliphatic rings. The summed E-state index contributed by atoms with van der Waals surface area (Å²) in [6, 6.07) is 5.41. The van der Waals surface area contributed by atoms with Crippen LogP contribution in [0.4, 0.5) is 0 Å². The van der Waals surface area contributed by atoms with Crippen LogP contribution in [0.3, 0.4) is 0 Å². The minimum absolute atomic E-state index is 0.369. The van der Waals surface area contributed by atoms with E-state index in [4.69, 9.17) is 0 Å².